The lowest BCUT2D eigenvalue weighted by molar-refractivity contribution is 0.587. The zero-order valence-electron chi connectivity index (χ0n) is 11.6. The van der Waals surface area contributed by atoms with Gasteiger partial charge in [-0.3, -0.25) is 0 Å². The summed E-state index contributed by atoms with van der Waals surface area (Å²) in [6, 6.07) is 14.7. The molecule has 0 N–H and O–H groups in total. The van der Waals surface area contributed by atoms with Gasteiger partial charge in [0, 0.05) is 28.6 Å². The Kier molecular flexibility index (Phi) is 3.69. The van der Waals surface area contributed by atoms with Crippen LogP contribution >= 0.6 is 11.3 Å². The van der Waals surface area contributed by atoms with E-state index in [0.717, 1.165) is 12.0 Å². The molecule has 0 saturated heterocycles. The van der Waals surface area contributed by atoms with Gasteiger partial charge < -0.3 is 0 Å². The van der Waals surface area contributed by atoms with Gasteiger partial charge >= 0.3 is 0 Å². The zero-order valence-corrected chi connectivity index (χ0v) is 13.2. The van der Waals surface area contributed by atoms with Crippen molar-refractivity contribution in [2.24, 2.45) is 0 Å². The van der Waals surface area contributed by atoms with Crippen LogP contribution in [0, 0.1) is 6.92 Å². The van der Waals surface area contributed by atoms with Gasteiger partial charge in [0.2, 0.25) is 0 Å². The molecule has 0 radical (unpaired) electrons. The second-order valence-electron chi connectivity index (χ2n) is 4.85. The number of hydrogen-bond acceptors (Lipinski definition) is 3. The summed E-state index contributed by atoms with van der Waals surface area (Å²) in [5.41, 5.74) is 1.11. The minimum absolute atomic E-state index is 0.310. The summed E-state index contributed by atoms with van der Waals surface area (Å²) in [5.74, 6) is 0. The third kappa shape index (κ3) is 2.94. The molecule has 21 heavy (non-hydrogen) atoms. The lowest BCUT2D eigenvalue weighted by Crippen LogP contribution is -2.10. The molecule has 3 rings (SSSR count). The Bertz CT molecular complexity index is 829. The van der Waals surface area contributed by atoms with Gasteiger partial charge in [-0.15, -0.1) is 11.3 Å². The summed E-state index contributed by atoms with van der Waals surface area (Å²) in [6.45, 7) is 2.08. The van der Waals surface area contributed by atoms with Crippen LogP contribution < -0.4 is 0 Å². The van der Waals surface area contributed by atoms with Crippen molar-refractivity contribution in [3.8, 4) is 0 Å². The van der Waals surface area contributed by atoms with Gasteiger partial charge in [0.05, 0.1) is 4.90 Å². The van der Waals surface area contributed by atoms with E-state index in [1.807, 2.05) is 12.1 Å². The Morgan fingerprint density at radius 1 is 1.00 bits per heavy atom. The Labute approximate surface area is 128 Å². The van der Waals surface area contributed by atoms with Crippen LogP contribution in [0.5, 0.6) is 0 Å². The molecule has 0 bridgehead atoms. The summed E-state index contributed by atoms with van der Waals surface area (Å²) in [5, 5.41) is 0. The molecule has 0 atom stereocenters. The fourth-order valence-corrected chi connectivity index (χ4v) is 4.27. The maximum Gasteiger partial charge on any atom is 0.267 e. The molecule has 0 aliphatic rings. The van der Waals surface area contributed by atoms with Gasteiger partial charge in [-0.1, -0.05) is 12.1 Å². The van der Waals surface area contributed by atoms with Crippen LogP contribution in [0.25, 0.3) is 0 Å². The van der Waals surface area contributed by atoms with Crippen LogP contribution in [0.1, 0.15) is 15.3 Å². The van der Waals surface area contributed by atoms with Crippen molar-refractivity contribution in [2.75, 3.05) is 0 Å². The highest BCUT2D eigenvalue weighted by atomic mass is 32.2. The van der Waals surface area contributed by atoms with Gasteiger partial charge in [0.1, 0.15) is 0 Å². The number of hydrogen-bond donors (Lipinski definition) is 0. The molecule has 3 nitrogen and oxygen atoms in total. The van der Waals surface area contributed by atoms with E-state index in [2.05, 4.69) is 19.1 Å². The first-order valence-electron chi connectivity index (χ1n) is 6.58. The van der Waals surface area contributed by atoms with Crippen LogP contribution in [0.3, 0.4) is 0 Å². The average molecular weight is 317 g/mol. The van der Waals surface area contributed by atoms with Crippen molar-refractivity contribution in [1.82, 2.24) is 3.97 Å². The first-order chi connectivity index (χ1) is 10.1. The van der Waals surface area contributed by atoms with Crippen molar-refractivity contribution in [2.45, 2.75) is 18.2 Å². The van der Waals surface area contributed by atoms with Crippen molar-refractivity contribution in [3.05, 3.63) is 76.2 Å². The number of nitrogens with zero attached hydrogens (tertiary/aromatic N) is 1. The maximum atomic E-state index is 12.3. The molecule has 2 aromatic heterocycles. The Hall–Kier alpha value is -1.85. The third-order valence-electron chi connectivity index (χ3n) is 3.25. The van der Waals surface area contributed by atoms with E-state index in [1.54, 1.807) is 35.6 Å². The molecule has 0 aliphatic carbocycles. The van der Waals surface area contributed by atoms with Gasteiger partial charge in [-0.2, -0.15) is 0 Å². The molecule has 5 heteroatoms. The molecular weight excluding hydrogens is 302 g/mol. The fraction of sp³-hybridized carbons (Fsp3) is 0.125. The molecule has 0 saturated carbocycles. The van der Waals surface area contributed by atoms with E-state index in [9.17, 15) is 8.42 Å². The molecule has 0 aliphatic heterocycles. The summed E-state index contributed by atoms with van der Waals surface area (Å²) in [4.78, 5) is 2.88. The smallest absolute Gasteiger partial charge is 0.249 e. The van der Waals surface area contributed by atoms with Crippen molar-refractivity contribution >= 4 is 21.4 Å². The van der Waals surface area contributed by atoms with Crippen molar-refractivity contribution in [3.63, 3.8) is 0 Å². The predicted molar refractivity (Wildman–Crippen MR) is 85.3 cm³/mol. The highest BCUT2D eigenvalue weighted by molar-refractivity contribution is 7.90. The van der Waals surface area contributed by atoms with E-state index in [-0.39, 0.29) is 0 Å². The lowest BCUT2D eigenvalue weighted by atomic mass is 10.1. The second-order valence-corrected chi connectivity index (χ2v) is 8.07. The topological polar surface area (TPSA) is 39.1 Å². The van der Waals surface area contributed by atoms with Crippen LogP contribution in [-0.4, -0.2) is 12.4 Å². The summed E-state index contributed by atoms with van der Waals surface area (Å²) in [6.07, 6.45) is 3.91. The SMILES string of the molecule is Cc1ccc(Cc2ccc(S(=O)(=O)n3cccc3)cc2)s1. The summed E-state index contributed by atoms with van der Waals surface area (Å²) >= 11 is 1.77. The number of rotatable bonds is 4. The van der Waals surface area contributed by atoms with Crippen molar-refractivity contribution in [1.29, 1.82) is 0 Å². The van der Waals surface area contributed by atoms with Gasteiger partial charge in [0.15, 0.2) is 0 Å². The lowest BCUT2D eigenvalue weighted by Gasteiger charge is -2.06. The fourth-order valence-electron chi connectivity index (χ4n) is 2.16. The Morgan fingerprint density at radius 2 is 1.67 bits per heavy atom. The molecule has 0 spiro atoms. The molecule has 2 heterocycles. The highest BCUT2D eigenvalue weighted by Gasteiger charge is 2.15. The number of thiophene rings is 1. The zero-order chi connectivity index (χ0) is 14.9. The van der Waals surface area contributed by atoms with Crippen LogP contribution in [-0.2, 0) is 16.4 Å². The standard InChI is InChI=1S/C16H15NO2S2/c1-13-4-7-15(20-13)12-14-5-8-16(9-6-14)21(18,19)17-10-2-3-11-17/h2-11H,12H2,1H3. The Morgan fingerprint density at radius 3 is 2.24 bits per heavy atom. The summed E-state index contributed by atoms with van der Waals surface area (Å²) in [7, 11) is -3.46. The van der Waals surface area contributed by atoms with Gasteiger partial charge in [-0.05, 0) is 48.9 Å². The first kappa shape index (κ1) is 14.1. The predicted octanol–water partition coefficient (Wildman–Crippen LogP) is 3.69. The van der Waals surface area contributed by atoms with E-state index in [0.29, 0.717) is 4.90 Å². The maximum absolute atomic E-state index is 12.3. The normalized spacial score (nSPS) is 11.7. The van der Waals surface area contributed by atoms with Crippen LogP contribution in [0.2, 0.25) is 0 Å². The number of aryl methyl sites for hydroxylation is 1. The third-order valence-corrected chi connectivity index (χ3v) is 5.92. The van der Waals surface area contributed by atoms with E-state index in [4.69, 9.17) is 0 Å². The molecular formula is C16H15NO2S2. The molecule has 108 valence electrons. The molecule has 0 fully saturated rings. The van der Waals surface area contributed by atoms with Gasteiger partial charge in [-0.25, -0.2) is 12.4 Å². The largest absolute Gasteiger partial charge is 0.267 e. The Balaban J connectivity index is 1.84. The van der Waals surface area contributed by atoms with E-state index < -0.39 is 10.0 Å². The molecule has 3 aromatic rings. The minimum atomic E-state index is -3.46. The molecule has 0 amide bonds. The molecule has 0 unspecified atom stereocenters. The van der Waals surface area contributed by atoms with Crippen molar-refractivity contribution < 1.29 is 8.42 Å². The monoisotopic (exact) mass is 317 g/mol. The van der Waals surface area contributed by atoms with E-state index in [1.165, 1.54) is 26.1 Å². The van der Waals surface area contributed by atoms with E-state index >= 15 is 0 Å². The average Bonchev–Trinajstić information content (AvgIpc) is 3.11. The molecule has 1 aromatic carbocycles. The quantitative estimate of drug-likeness (QED) is 0.736. The first-order valence-corrected chi connectivity index (χ1v) is 8.84. The van der Waals surface area contributed by atoms with Crippen LogP contribution in [0.15, 0.2) is 65.8 Å². The second kappa shape index (κ2) is 5.50. The number of benzene rings is 1. The van der Waals surface area contributed by atoms with Gasteiger partial charge in [0.25, 0.3) is 10.0 Å². The number of aromatic nitrogens is 1. The summed E-state index contributed by atoms with van der Waals surface area (Å²) < 4.78 is 25.9. The van der Waals surface area contributed by atoms with Crippen LogP contribution in [0.4, 0.5) is 0 Å². The minimum Gasteiger partial charge on any atom is -0.249 e. The highest BCUT2D eigenvalue weighted by Crippen LogP contribution is 2.21.